The van der Waals surface area contributed by atoms with E-state index in [1.165, 1.54) is 42.4 Å². The van der Waals surface area contributed by atoms with Crippen LogP contribution in [0.25, 0.3) is 0 Å². The number of aromatic nitrogens is 2. The Hall–Kier alpha value is -1.77. The number of methoxy groups -OCH3 is 1. The van der Waals surface area contributed by atoms with Crippen LogP contribution in [0.3, 0.4) is 0 Å². The number of nitrogens with zero attached hydrogens (tertiary/aromatic N) is 2. The van der Waals surface area contributed by atoms with Gasteiger partial charge in [0.15, 0.2) is 0 Å². The minimum Gasteiger partial charge on any atom is -0.495 e. The number of hydrogen-bond acceptors (Lipinski definition) is 5. The van der Waals surface area contributed by atoms with Gasteiger partial charge in [-0.05, 0) is 12.1 Å². The zero-order valence-electron chi connectivity index (χ0n) is 11.2. The molecule has 0 amide bonds. The van der Waals surface area contributed by atoms with E-state index in [2.05, 4.69) is 9.82 Å². The molecule has 0 aliphatic carbocycles. The first-order chi connectivity index (χ1) is 9.96. The lowest BCUT2D eigenvalue weighted by atomic mass is 10.3. The Labute approximate surface area is 127 Å². The van der Waals surface area contributed by atoms with Gasteiger partial charge in [0, 0.05) is 12.3 Å². The second-order valence-electron chi connectivity index (χ2n) is 4.12. The molecule has 21 heavy (non-hydrogen) atoms. The average molecular weight is 332 g/mol. The molecule has 0 aliphatic heterocycles. The predicted molar refractivity (Wildman–Crippen MR) is 78.1 cm³/mol. The average Bonchev–Trinajstić information content (AvgIpc) is 2.91. The Morgan fingerprint density at radius 3 is 2.90 bits per heavy atom. The molecule has 0 saturated heterocycles. The van der Waals surface area contributed by atoms with E-state index < -0.39 is 10.0 Å². The van der Waals surface area contributed by atoms with Crippen LogP contribution in [-0.2, 0) is 16.6 Å². The lowest BCUT2D eigenvalue weighted by Gasteiger charge is -2.09. The Kier molecular flexibility index (Phi) is 4.71. The first kappa shape index (κ1) is 15.6. The van der Waals surface area contributed by atoms with Crippen LogP contribution in [-0.4, -0.2) is 37.0 Å². The second-order valence-corrected chi connectivity index (χ2v) is 6.21. The van der Waals surface area contributed by atoms with Gasteiger partial charge in [0.1, 0.15) is 10.6 Å². The lowest BCUT2D eigenvalue weighted by Crippen LogP contribution is -2.12. The molecule has 0 fully saturated rings. The first-order valence-corrected chi connectivity index (χ1v) is 7.82. The maximum Gasteiger partial charge on any atom is 0.265 e. The number of aliphatic hydroxyl groups is 1. The van der Waals surface area contributed by atoms with Gasteiger partial charge in [0.25, 0.3) is 10.0 Å². The first-order valence-electron chi connectivity index (χ1n) is 5.96. The van der Waals surface area contributed by atoms with Crippen LogP contribution in [0.1, 0.15) is 0 Å². The molecule has 0 atom stereocenters. The van der Waals surface area contributed by atoms with Crippen LogP contribution in [0, 0.1) is 0 Å². The molecule has 2 N–H and O–H groups in total. The Morgan fingerprint density at radius 1 is 1.48 bits per heavy atom. The molecule has 0 bridgehead atoms. The molecular formula is C12H14ClN3O4S. The topological polar surface area (TPSA) is 93.5 Å². The van der Waals surface area contributed by atoms with Gasteiger partial charge in [-0.15, -0.1) is 0 Å². The van der Waals surface area contributed by atoms with Crippen molar-refractivity contribution in [3.8, 4) is 5.75 Å². The smallest absolute Gasteiger partial charge is 0.265 e. The maximum atomic E-state index is 12.2. The third kappa shape index (κ3) is 3.66. The number of nitrogens with one attached hydrogen (secondary N) is 1. The summed E-state index contributed by atoms with van der Waals surface area (Å²) in [5, 5.41) is 13.0. The molecule has 2 rings (SSSR count). The van der Waals surface area contributed by atoms with Crippen LogP contribution >= 0.6 is 11.6 Å². The highest BCUT2D eigenvalue weighted by Crippen LogP contribution is 2.28. The van der Waals surface area contributed by atoms with Crippen molar-refractivity contribution in [2.75, 3.05) is 18.4 Å². The lowest BCUT2D eigenvalue weighted by molar-refractivity contribution is 0.269. The number of aliphatic hydroxyl groups excluding tert-OH is 1. The van der Waals surface area contributed by atoms with Crippen LogP contribution in [0.2, 0.25) is 5.02 Å². The van der Waals surface area contributed by atoms with Gasteiger partial charge < -0.3 is 9.84 Å². The zero-order valence-corrected chi connectivity index (χ0v) is 12.7. The molecule has 0 unspecified atom stereocenters. The van der Waals surface area contributed by atoms with Gasteiger partial charge in [-0.2, -0.15) is 5.10 Å². The van der Waals surface area contributed by atoms with Crippen LogP contribution in [0.4, 0.5) is 5.69 Å². The highest BCUT2D eigenvalue weighted by atomic mass is 35.5. The summed E-state index contributed by atoms with van der Waals surface area (Å²) in [6.07, 6.45) is 2.55. The van der Waals surface area contributed by atoms with E-state index in [9.17, 15) is 8.42 Å². The van der Waals surface area contributed by atoms with Gasteiger partial charge in [-0.25, -0.2) is 8.42 Å². The number of rotatable bonds is 6. The number of halogens is 1. The molecule has 2 aromatic rings. The monoisotopic (exact) mass is 331 g/mol. The van der Waals surface area contributed by atoms with Crippen molar-refractivity contribution >= 4 is 27.3 Å². The standard InChI is InChI=1S/C12H14ClN3O4S/c1-20-12-6-9(2-3-11(12)13)15-21(18,19)10-7-14-16(8-10)4-5-17/h2-3,6-8,15,17H,4-5H2,1H3. The Morgan fingerprint density at radius 2 is 2.24 bits per heavy atom. The summed E-state index contributed by atoms with van der Waals surface area (Å²) < 4.78 is 33.2. The fourth-order valence-electron chi connectivity index (χ4n) is 1.65. The summed E-state index contributed by atoms with van der Waals surface area (Å²) in [5.41, 5.74) is 0.325. The van der Waals surface area contributed by atoms with Crippen molar-refractivity contribution < 1.29 is 18.3 Å². The third-order valence-corrected chi connectivity index (χ3v) is 4.30. The van der Waals surface area contributed by atoms with E-state index in [1.807, 2.05) is 0 Å². The predicted octanol–water partition coefficient (Wildman–Crippen LogP) is 1.34. The number of sulfonamides is 1. The second kappa shape index (κ2) is 6.33. The zero-order chi connectivity index (χ0) is 15.5. The number of anilines is 1. The van der Waals surface area contributed by atoms with E-state index >= 15 is 0 Å². The third-order valence-electron chi connectivity index (χ3n) is 2.65. The molecule has 1 heterocycles. The molecule has 0 radical (unpaired) electrons. The molecular weight excluding hydrogens is 318 g/mol. The number of hydrogen-bond donors (Lipinski definition) is 2. The summed E-state index contributed by atoms with van der Waals surface area (Å²) >= 11 is 5.88. The Bertz CT molecular complexity index is 730. The molecule has 9 heteroatoms. The molecule has 7 nitrogen and oxygen atoms in total. The van der Waals surface area contributed by atoms with Gasteiger partial charge in [-0.3, -0.25) is 9.40 Å². The summed E-state index contributed by atoms with van der Waals surface area (Å²) in [6, 6.07) is 4.55. The largest absolute Gasteiger partial charge is 0.495 e. The van der Waals surface area contributed by atoms with Crippen LogP contribution in [0.5, 0.6) is 5.75 Å². The summed E-state index contributed by atoms with van der Waals surface area (Å²) in [6.45, 7) is 0.104. The normalized spacial score (nSPS) is 11.4. The Balaban J connectivity index is 2.24. The molecule has 0 saturated carbocycles. The van der Waals surface area contributed by atoms with Crippen LogP contribution < -0.4 is 9.46 Å². The fourth-order valence-corrected chi connectivity index (χ4v) is 2.84. The fraction of sp³-hybridized carbons (Fsp3) is 0.250. The van der Waals surface area contributed by atoms with Crippen molar-refractivity contribution in [3.63, 3.8) is 0 Å². The number of benzene rings is 1. The van der Waals surface area contributed by atoms with Gasteiger partial charge >= 0.3 is 0 Å². The summed E-state index contributed by atoms with van der Waals surface area (Å²) in [4.78, 5) is 0.00451. The van der Waals surface area contributed by atoms with Gasteiger partial charge in [0.2, 0.25) is 0 Å². The van der Waals surface area contributed by atoms with E-state index in [0.29, 0.717) is 16.5 Å². The molecule has 1 aromatic carbocycles. The van der Waals surface area contributed by atoms with Gasteiger partial charge in [-0.1, -0.05) is 11.6 Å². The van der Waals surface area contributed by atoms with E-state index in [1.54, 1.807) is 0 Å². The molecule has 1 aromatic heterocycles. The number of ether oxygens (including phenoxy) is 1. The molecule has 114 valence electrons. The van der Waals surface area contributed by atoms with Crippen LogP contribution in [0.15, 0.2) is 35.5 Å². The minimum atomic E-state index is -3.76. The SMILES string of the molecule is COc1cc(NS(=O)(=O)c2cnn(CCO)c2)ccc1Cl. The van der Waals surface area contributed by atoms with E-state index in [4.69, 9.17) is 21.4 Å². The minimum absolute atomic E-state index is 0.00451. The summed E-state index contributed by atoms with van der Waals surface area (Å²) in [5.74, 6) is 0.368. The highest BCUT2D eigenvalue weighted by molar-refractivity contribution is 7.92. The van der Waals surface area contributed by atoms with E-state index in [-0.39, 0.29) is 18.0 Å². The van der Waals surface area contributed by atoms with E-state index in [0.717, 1.165) is 0 Å². The van der Waals surface area contributed by atoms with Crippen molar-refractivity contribution in [2.24, 2.45) is 0 Å². The highest BCUT2D eigenvalue weighted by Gasteiger charge is 2.17. The molecule has 0 aliphatic rings. The van der Waals surface area contributed by atoms with Crippen molar-refractivity contribution in [3.05, 3.63) is 35.6 Å². The summed E-state index contributed by atoms with van der Waals surface area (Å²) in [7, 11) is -2.32. The maximum absolute atomic E-state index is 12.2. The molecule has 0 spiro atoms. The van der Waals surface area contributed by atoms with Crippen molar-refractivity contribution in [1.82, 2.24) is 9.78 Å². The van der Waals surface area contributed by atoms with Crippen molar-refractivity contribution in [2.45, 2.75) is 11.4 Å². The quantitative estimate of drug-likeness (QED) is 0.833. The van der Waals surface area contributed by atoms with Crippen molar-refractivity contribution in [1.29, 1.82) is 0 Å². The van der Waals surface area contributed by atoms with Gasteiger partial charge in [0.05, 0.1) is 37.2 Å².